The minimum absolute atomic E-state index is 0.0217. The molecule has 0 bridgehead atoms. The van der Waals surface area contributed by atoms with Crippen molar-refractivity contribution in [2.45, 2.75) is 83.5 Å². The number of nitrogens with one attached hydrogen (secondary N) is 4. The standard InChI is InChI=1S/C31H42N4O6/c1-21-12-14-25(41-20-31(3)16-17-33-31)18-24(21)19-32-29(39)27(15-13-23-8-5-4-6-9-23)35-30(40)26(34-22(2)36)10-7-11-28(37)38/h4-6,8-9,12,14,18,26-27,33H,7,10-11,13,15-17,19-20H2,1-3H3,(H,32,39)(H,34,36)(H,35,40)(H,37,38)/t26-,27-,31?/m0/s1. The van der Waals surface area contributed by atoms with E-state index in [2.05, 4.69) is 28.2 Å². The maximum Gasteiger partial charge on any atom is 0.303 e. The molecule has 0 spiro atoms. The summed E-state index contributed by atoms with van der Waals surface area (Å²) in [5.74, 6) is -1.54. The number of hydrogen-bond acceptors (Lipinski definition) is 6. The number of amides is 3. The van der Waals surface area contributed by atoms with Gasteiger partial charge in [0, 0.05) is 19.9 Å². The third kappa shape index (κ3) is 10.5. The lowest BCUT2D eigenvalue weighted by Crippen LogP contribution is -2.58. The molecular weight excluding hydrogens is 524 g/mol. The van der Waals surface area contributed by atoms with E-state index in [0.29, 0.717) is 19.4 Å². The Hall–Kier alpha value is -3.92. The Bertz CT molecular complexity index is 1200. The number of hydrogen-bond donors (Lipinski definition) is 5. The molecule has 0 aliphatic carbocycles. The second-order valence-electron chi connectivity index (χ2n) is 11.0. The summed E-state index contributed by atoms with van der Waals surface area (Å²) in [5, 5.41) is 20.7. The SMILES string of the molecule is CC(=O)N[C@@H](CCCC(=O)O)C(=O)N[C@@H](CCc1ccccc1)C(=O)NCc1cc(OCC2(C)CCN2)ccc1C. The molecule has 1 fully saturated rings. The lowest BCUT2D eigenvalue weighted by molar-refractivity contribution is -0.137. The molecule has 3 rings (SSSR count). The number of rotatable bonds is 16. The number of carbonyl (C=O) groups is 4. The van der Waals surface area contributed by atoms with Crippen LogP contribution < -0.4 is 26.0 Å². The van der Waals surface area contributed by atoms with Gasteiger partial charge in [0.25, 0.3) is 0 Å². The minimum atomic E-state index is -0.981. The largest absolute Gasteiger partial charge is 0.492 e. The topological polar surface area (TPSA) is 146 Å². The van der Waals surface area contributed by atoms with E-state index in [-0.39, 0.29) is 37.3 Å². The summed E-state index contributed by atoms with van der Waals surface area (Å²) in [4.78, 5) is 49.2. The smallest absolute Gasteiger partial charge is 0.303 e. The normalized spacial score (nSPS) is 17.4. The van der Waals surface area contributed by atoms with Crippen LogP contribution in [0.1, 0.15) is 62.6 Å². The van der Waals surface area contributed by atoms with Crippen molar-refractivity contribution in [1.29, 1.82) is 0 Å². The third-order valence-electron chi connectivity index (χ3n) is 7.33. The zero-order chi connectivity index (χ0) is 29.8. The number of carbonyl (C=O) groups excluding carboxylic acids is 3. The van der Waals surface area contributed by atoms with E-state index in [9.17, 15) is 19.2 Å². The van der Waals surface area contributed by atoms with E-state index in [4.69, 9.17) is 9.84 Å². The molecule has 1 aliphatic heterocycles. The number of ether oxygens (including phenoxy) is 1. The molecule has 41 heavy (non-hydrogen) atoms. The number of carboxylic acids is 1. The van der Waals surface area contributed by atoms with Gasteiger partial charge in [-0.25, -0.2) is 0 Å². The number of aliphatic carboxylic acids is 1. The summed E-state index contributed by atoms with van der Waals surface area (Å²) in [7, 11) is 0. The second kappa shape index (κ2) is 15.2. The predicted octanol–water partition coefficient (Wildman–Crippen LogP) is 2.62. The fourth-order valence-corrected chi connectivity index (χ4v) is 4.62. The first-order valence-corrected chi connectivity index (χ1v) is 14.1. The first-order chi connectivity index (χ1) is 19.5. The van der Waals surface area contributed by atoms with E-state index in [0.717, 1.165) is 35.4 Å². The van der Waals surface area contributed by atoms with Crippen molar-refractivity contribution in [3.63, 3.8) is 0 Å². The van der Waals surface area contributed by atoms with Crippen LogP contribution in [0, 0.1) is 6.92 Å². The molecule has 10 nitrogen and oxygen atoms in total. The molecule has 3 atom stereocenters. The lowest BCUT2D eigenvalue weighted by atomic mass is 9.91. The molecular formula is C31H42N4O6. The van der Waals surface area contributed by atoms with Crippen LogP contribution in [0.25, 0.3) is 0 Å². The van der Waals surface area contributed by atoms with Crippen molar-refractivity contribution in [1.82, 2.24) is 21.3 Å². The second-order valence-corrected chi connectivity index (χ2v) is 11.0. The van der Waals surface area contributed by atoms with E-state index in [1.165, 1.54) is 6.92 Å². The quantitative estimate of drug-likeness (QED) is 0.210. The first-order valence-electron chi connectivity index (χ1n) is 14.1. The van der Waals surface area contributed by atoms with Crippen molar-refractivity contribution < 1.29 is 29.0 Å². The zero-order valence-corrected chi connectivity index (χ0v) is 24.1. The van der Waals surface area contributed by atoms with Crippen LogP contribution in [0.5, 0.6) is 5.75 Å². The van der Waals surface area contributed by atoms with Gasteiger partial charge in [-0.1, -0.05) is 36.4 Å². The average molecular weight is 567 g/mol. The third-order valence-corrected chi connectivity index (χ3v) is 7.33. The molecule has 2 aromatic rings. The van der Waals surface area contributed by atoms with Gasteiger partial charge in [0.2, 0.25) is 17.7 Å². The van der Waals surface area contributed by atoms with E-state index in [1.54, 1.807) is 0 Å². The fraction of sp³-hybridized carbons (Fsp3) is 0.484. The van der Waals surface area contributed by atoms with E-state index < -0.39 is 29.9 Å². The maximum atomic E-state index is 13.4. The van der Waals surface area contributed by atoms with Crippen molar-refractivity contribution in [2.24, 2.45) is 0 Å². The van der Waals surface area contributed by atoms with Gasteiger partial charge in [0.1, 0.15) is 24.4 Å². The van der Waals surface area contributed by atoms with Crippen molar-refractivity contribution >= 4 is 23.7 Å². The van der Waals surface area contributed by atoms with Crippen LogP contribution in [0.3, 0.4) is 0 Å². The van der Waals surface area contributed by atoms with Gasteiger partial charge in [-0.15, -0.1) is 0 Å². The maximum absolute atomic E-state index is 13.4. The summed E-state index contributed by atoms with van der Waals surface area (Å²) in [6.07, 6.45) is 2.18. The monoisotopic (exact) mass is 566 g/mol. The molecule has 1 aliphatic rings. The van der Waals surface area contributed by atoms with Gasteiger partial charge < -0.3 is 31.1 Å². The Kier molecular flexibility index (Phi) is 11.7. The Morgan fingerprint density at radius 3 is 2.37 bits per heavy atom. The molecule has 1 heterocycles. The highest BCUT2D eigenvalue weighted by molar-refractivity contribution is 5.91. The molecule has 0 saturated carbocycles. The molecule has 3 amide bonds. The van der Waals surface area contributed by atoms with Crippen molar-refractivity contribution in [3.8, 4) is 5.75 Å². The van der Waals surface area contributed by atoms with Gasteiger partial charge in [-0.05, 0) is 81.3 Å². The Morgan fingerprint density at radius 1 is 1.02 bits per heavy atom. The Balaban J connectivity index is 1.67. The summed E-state index contributed by atoms with van der Waals surface area (Å²) >= 11 is 0. The Morgan fingerprint density at radius 2 is 1.73 bits per heavy atom. The summed E-state index contributed by atoms with van der Waals surface area (Å²) in [6.45, 7) is 7.17. The summed E-state index contributed by atoms with van der Waals surface area (Å²) < 4.78 is 6.00. The van der Waals surface area contributed by atoms with Crippen LogP contribution >= 0.6 is 0 Å². The first kappa shape index (κ1) is 31.6. The summed E-state index contributed by atoms with van der Waals surface area (Å²) in [5.41, 5.74) is 2.90. The van der Waals surface area contributed by atoms with Gasteiger partial charge in [0.05, 0.1) is 5.54 Å². The molecule has 222 valence electrons. The zero-order valence-electron chi connectivity index (χ0n) is 24.1. The molecule has 1 unspecified atom stereocenters. The number of aryl methyl sites for hydroxylation is 2. The van der Waals surface area contributed by atoms with Gasteiger partial charge in [0.15, 0.2) is 0 Å². The molecule has 5 N–H and O–H groups in total. The van der Waals surface area contributed by atoms with Crippen LogP contribution in [0.2, 0.25) is 0 Å². The van der Waals surface area contributed by atoms with Crippen LogP contribution in [0.15, 0.2) is 48.5 Å². The summed E-state index contributed by atoms with van der Waals surface area (Å²) in [6, 6.07) is 13.6. The molecule has 1 saturated heterocycles. The highest BCUT2D eigenvalue weighted by atomic mass is 16.5. The molecule has 10 heteroatoms. The van der Waals surface area contributed by atoms with Gasteiger partial charge >= 0.3 is 5.97 Å². The van der Waals surface area contributed by atoms with Gasteiger partial charge in [-0.2, -0.15) is 0 Å². The van der Waals surface area contributed by atoms with Gasteiger partial charge in [-0.3, -0.25) is 19.2 Å². The van der Waals surface area contributed by atoms with Crippen molar-refractivity contribution in [3.05, 3.63) is 65.2 Å². The van der Waals surface area contributed by atoms with E-state index in [1.807, 2.05) is 55.5 Å². The highest BCUT2D eigenvalue weighted by Crippen LogP contribution is 2.22. The lowest BCUT2D eigenvalue weighted by Gasteiger charge is -2.39. The predicted molar refractivity (Wildman–Crippen MR) is 155 cm³/mol. The molecule has 2 aromatic carbocycles. The fourth-order valence-electron chi connectivity index (χ4n) is 4.62. The minimum Gasteiger partial charge on any atom is -0.492 e. The van der Waals surface area contributed by atoms with Crippen LogP contribution in [-0.4, -0.2) is 59.6 Å². The number of carboxylic acid groups (broad SMARTS) is 1. The van der Waals surface area contributed by atoms with Crippen LogP contribution in [-0.2, 0) is 32.1 Å². The number of benzene rings is 2. The van der Waals surface area contributed by atoms with E-state index >= 15 is 0 Å². The highest BCUT2D eigenvalue weighted by Gasteiger charge is 2.32. The van der Waals surface area contributed by atoms with Crippen molar-refractivity contribution in [2.75, 3.05) is 13.2 Å². The molecule has 0 radical (unpaired) electrons. The van der Waals surface area contributed by atoms with Crippen LogP contribution in [0.4, 0.5) is 0 Å². The Labute approximate surface area is 241 Å². The average Bonchev–Trinajstić information content (AvgIpc) is 2.92. The molecule has 0 aromatic heterocycles.